The number of phosphoric ester groups is 2. The normalized spacial score (nSPS) is 14.2. The van der Waals surface area contributed by atoms with E-state index in [1.165, 1.54) is 244 Å². The Morgan fingerprint density at radius 1 is 0.267 bits per heavy atom. The van der Waals surface area contributed by atoms with Crippen molar-refractivity contribution >= 4 is 39.5 Å². The summed E-state index contributed by atoms with van der Waals surface area (Å²) in [5.41, 5.74) is 0. The molecular weight excluding hydrogens is 1370 g/mol. The van der Waals surface area contributed by atoms with Crippen LogP contribution in [0.1, 0.15) is 447 Å². The van der Waals surface area contributed by atoms with E-state index in [0.717, 1.165) is 120 Å². The first kappa shape index (κ1) is 103. The molecule has 0 aromatic carbocycles. The smallest absolute Gasteiger partial charge is 0.462 e. The van der Waals surface area contributed by atoms with Crippen molar-refractivity contribution in [1.82, 2.24) is 0 Å². The Balaban J connectivity index is 5.21. The molecular formula is C86H168O17P2. The molecule has 624 valence electrons. The third-order valence-electron chi connectivity index (χ3n) is 20.4. The molecule has 105 heavy (non-hydrogen) atoms. The van der Waals surface area contributed by atoms with Gasteiger partial charge in [-0.1, -0.05) is 396 Å². The summed E-state index contributed by atoms with van der Waals surface area (Å²) < 4.78 is 68.9. The first-order chi connectivity index (χ1) is 50.6. The maximum Gasteiger partial charge on any atom is 0.472 e. The summed E-state index contributed by atoms with van der Waals surface area (Å²) in [5.74, 6) is 1.04. The second-order valence-corrected chi connectivity index (χ2v) is 35.5. The number of ether oxygens (including phenoxy) is 4. The number of hydrogen-bond donors (Lipinski definition) is 3. The van der Waals surface area contributed by atoms with Gasteiger partial charge in [-0.05, 0) is 49.4 Å². The van der Waals surface area contributed by atoms with E-state index in [1.54, 1.807) is 0 Å². The lowest BCUT2D eigenvalue weighted by Crippen LogP contribution is -2.30. The second kappa shape index (κ2) is 74.8. The standard InChI is InChI=1S/C86H168O17P2/c1-9-79(8)65-57-49-44-45-51-59-67-84(89)97-73-82(103-86(91)68-60-52-42-36-30-24-17-13-11-10-12-15-20-26-32-38-46-54-62-76(2)3)75-101-105(94,95)99-71-80(87)70-98-104(92,93)100-74-81(102-85(90)69-61-53-43-37-31-25-19-22-28-34-40-48-56-64-78(6)7)72-96-83(88)66-58-50-41-35-29-23-18-14-16-21-27-33-39-47-55-63-77(4)5/h76-82,87H,9-75H2,1-8H3,(H,92,93)(H,94,95)/t79?,80-,81-,82-/m1/s1. The number of hydrogen-bond acceptors (Lipinski definition) is 15. The van der Waals surface area contributed by atoms with Crippen LogP contribution in [0.25, 0.3) is 0 Å². The van der Waals surface area contributed by atoms with Crippen molar-refractivity contribution in [3.63, 3.8) is 0 Å². The highest BCUT2D eigenvalue weighted by molar-refractivity contribution is 7.47. The Morgan fingerprint density at radius 2 is 0.457 bits per heavy atom. The zero-order valence-corrected chi connectivity index (χ0v) is 71.2. The zero-order chi connectivity index (χ0) is 77.4. The van der Waals surface area contributed by atoms with Gasteiger partial charge in [0.25, 0.3) is 0 Å². The maximum absolute atomic E-state index is 13.1. The number of carbonyl (C=O) groups excluding carboxylic acids is 4. The van der Waals surface area contributed by atoms with Crippen LogP contribution in [0.4, 0.5) is 0 Å². The number of phosphoric acid groups is 2. The van der Waals surface area contributed by atoms with Gasteiger partial charge in [0.15, 0.2) is 12.2 Å². The van der Waals surface area contributed by atoms with Gasteiger partial charge in [0.2, 0.25) is 0 Å². The van der Waals surface area contributed by atoms with Crippen LogP contribution >= 0.6 is 15.6 Å². The summed E-state index contributed by atoms with van der Waals surface area (Å²) in [6.07, 6.45) is 63.9. The van der Waals surface area contributed by atoms with E-state index in [-0.39, 0.29) is 25.7 Å². The van der Waals surface area contributed by atoms with Crippen molar-refractivity contribution in [1.29, 1.82) is 0 Å². The van der Waals surface area contributed by atoms with Crippen molar-refractivity contribution in [2.45, 2.75) is 465 Å². The highest BCUT2D eigenvalue weighted by Crippen LogP contribution is 2.45. The molecule has 0 aromatic heterocycles. The largest absolute Gasteiger partial charge is 0.472 e. The average molecular weight is 1540 g/mol. The van der Waals surface area contributed by atoms with Crippen LogP contribution in [0, 0.1) is 23.7 Å². The third-order valence-corrected chi connectivity index (χ3v) is 22.3. The Bertz CT molecular complexity index is 2040. The lowest BCUT2D eigenvalue weighted by molar-refractivity contribution is -0.161. The molecule has 19 heteroatoms. The van der Waals surface area contributed by atoms with Crippen LogP contribution in [0.2, 0.25) is 0 Å². The number of rotatable bonds is 83. The fourth-order valence-corrected chi connectivity index (χ4v) is 14.9. The number of aliphatic hydroxyl groups excluding tert-OH is 1. The molecule has 17 nitrogen and oxygen atoms in total. The van der Waals surface area contributed by atoms with E-state index in [9.17, 15) is 43.2 Å². The van der Waals surface area contributed by atoms with E-state index in [0.29, 0.717) is 25.7 Å². The molecule has 0 aliphatic carbocycles. The van der Waals surface area contributed by atoms with E-state index >= 15 is 0 Å². The van der Waals surface area contributed by atoms with Crippen molar-refractivity contribution in [3.05, 3.63) is 0 Å². The Labute approximate surface area is 645 Å². The second-order valence-electron chi connectivity index (χ2n) is 32.6. The quantitative estimate of drug-likeness (QED) is 0.0222. The van der Waals surface area contributed by atoms with E-state index < -0.39 is 97.5 Å². The van der Waals surface area contributed by atoms with Crippen molar-refractivity contribution < 1.29 is 80.2 Å². The van der Waals surface area contributed by atoms with Gasteiger partial charge in [-0.15, -0.1) is 0 Å². The van der Waals surface area contributed by atoms with Crippen molar-refractivity contribution in [2.75, 3.05) is 39.6 Å². The minimum absolute atomic E-state index is 0.107. The van der Waals surface area contributed by atoms with Gasteiger partial charge < -0.3 is 33.8 Å². The Hall–Kier alpha value is -1.94. The summed E-state index contributed by atoms with van der Waals surface area (Å²) >= 11 is 0. The van der Waals surface area contributed by atoms with Gasteiger partial charge >= 0.3 is 39.5 Å². The SMILES string of the molecule is CCC(C)CCCCCCCCC(=O)OC[C@H](COP(=O)(O)OC[C@H](O)COP(=O)(O)OC[C@@H](COC(=O)CCCCCCCCCCCCCCCCCC(C)C)OC(=O)CCCCCCCCCCCCCCCC(C)C)OC(=O)CCCCCCCCCCCCCCCCCCCCC(C)C. The van der Waals surface area contributed by atoms with Gasteiger partial charge in [-0.2, -0.15) is 0 Å². The molecule has 0 fully saturated rings. The van der Waals surface area contributed by atoms with Crippen molar-refractivity contribution in [3.8, 4) is 0 Å². The van der Waals surface area contributed by atoms with E-state index in [4.69, 9.17) is 37.0 Å². The molecule has 0 rings (SSSR count). The monoisotopic (exact) mass is 1540 g/mol. The van der Waals surface area contributed by atoms with Crippen LogP contribution in [-0.2, 0) is 65.4 Å². The van der Waals surface area contributed by atoms with Crippen LogP contribution < -0.4 is 0 Å². The minimum atomic E-state index is -4.97. The average Bonchev–Trinajstić information content (AvgIpc) is 0.905. The number of aliphatic hydroxyl groups is 1. The van der Waals surface area contributed by atoms with E-state index in [1.807, 2.05) is 0 Å². The lowest BCUT2D eigenvalue weighted by atomic mass is 10.00. The van der Waals surface area contributed by atoms with Gasteiger partial charge in [0, 0.05) is 25.7 Å². The van der Waals surface area contributed by atoms with E-state index in [2.05, 4.69) is 55.4 Å². The summed E-state index contributed by atoms with van der Waals surface area (Å²) in [5, 5.41) is 10.7. The van der Waals surface area contributed by atoms with Gasteiger partial charge in [0.05, 0.1) is 26.4 Å². The van der Waals surface area contributed by atoms with Crippen molar-refractivity contribution in [2.24, 2.45) is 23.7 Å². The van der Waals surface area contributed by atoms with Crippen LogP contribution in [-0.4, -0.2) is 96.7 Å². The molecule has 3 N–H and O–H groups in total. The molecule has 0 aliphatic heterocycles. The van der Waals surface area contributed by atoms with Gasteiger partial charge in [0.1, 0.15) is 19.3 Å². The molecule has 0 bridgehead atoms. The molecule has 0 aromatic rings. The molecule has 6 atom stereocenters. The molecule has 0 saturated heterocycles. The molecule has 0 heterocycles. The molecule has 0 saturated carbocycles. The first-order valence-electron chi connectivity index (χ1n) is 44.2. The Morgan fingerprint density at radius 3 is 0.676 bits per heavy atom. The molecule has 0 amide bonds. The number of esters is 4. The predicted molar refractivity (Wildman–Crippen MR) is 432 cm³/mol. The summed E-state index contributed by atoms with van der Waals surface area (Å²) in [4.78, 5) is 73.2. The highest BCUT2D eigenvalue weighted by Gasteiger charge is 2.31. The predicted octanol–water partition coefficient (Wildman–Crippen LogP) is 25.9. The highest BCUT2D eigenvalue weighted by atomic mass is 31.2. The zero-order valence-electron chi connectivity index (χ0n) is 69.4. The van der Waals surface area contributed by atoms with Gasteiger partial charge in [-0.3, -0.25) is 37.3 Å². The number of carbonyl (C=O) groups is 4. The topological polar surface area (TPSA) is 237 Å². The molecule has 0 aliphatic rings. The lowest BCUT2D eigenvalue weighted by Gasteiger charge is -2.21. The van der Waals surface area contributed by atoms with Crippen LogP contribution in [0.3, 0.4) is 0 Å². The summed E-state index contributed by atoms with van der Waals surface area (Å²) in [7, 11) is -9.93. The Kier molecular flexibility index (Phi) is 73.4. The molecule has 3 unspecified atom stereocenters. The summed E-state index contributed by atoms with van der Waals surface area (Å²) in [6, 6.07) is 0. The minimum Gasteiger partial charge on any atom is -0.462 e. The fraction of sp³-hybridized carbons (Fsp3) is 0.953. The molecule has 0 spiro atoms. The van der Waals surface area contributed by atoms with Crippen LogP contribution in [0.5, 0.6) is 0 Å². The molecule has 0 radical (unpaired) electrons. The fourth-order valence-electron chi connectivity index (χ4n) is 13.3. The van der Waals surface area contributed by atoms with Gasteiger partial charge in [-0.25, -0.2) is 9.13 Å². The van der Waals surface area contributed by atoms with Crippen LogP contribution in [0.15, 0.2) is 0 Å². The maximum atomic E-state index is 13.1. The third kappa shape index (κ3) is 78.5. The number of unbranched alkanes of at least 4 members (excludes halogenated alkanes) is 48. The summed E-state index contributed by atoms with van der Waals surface area (Å²) in [6.45, 7) is 14.3. The first-order valence-corrected chi connectivity index (χ1v) is 47.2.